The van der Waals surface area contributed by atoms with Crippen molar-refractivity contribution in [3.63, 3.8) is 0 Å². The van der Waals surface area contributed by atoms with Gasteiger partial charge in [0, 0.05) is 19.4 Å². The lowest BCUT2D eigenvalue weighted by atomic mass is 10.2. The summed E-state index contributed by atoms with van der Waals surface area (Å²) in [5, 5.41) is 2.62. The van der Waals surface area contributed by atoms with Crippen LogP contribution in [0, 0.1) is 11.8 Å². The molecule has 0 spiro atoms. The summed E-state index contributed by atoms with van der Waals surface area (Å²) in [6.45, 7) is 3.66. The zero-order valence-corrected chi connectivity index (χ0v) is 12.7. The Hall–Kier alpha value is -1.89. The minimum absolute atomic E-state index is 0.0377. The lowest BCUT2D eigenvalue weighted by molar-refractivity contribution is -0.121. The molecule has 0 aliphatic heterocycles. The predicted molar refractivity (Wildman–Crippen MR) is 76.6 cm³/mol. The lowest BCUT2D eigenvalue weighted by Crippen LogP contribution is -2.32. The Morgan fingerprint density at radius 3 is 2.29 bits per heavy atom. The fraction of sp³-hybridized carbons (Fsp3) is 0.429. The average Bonchev–Trinajstić information content (AvgIpc) is 3.14. The maximum atomic E-state index is 12.1. The van der Waals surface area contributed by atoms with Gasteiger partial charge in [-0.25, -0.2) is 13.1 Å². The van der Waals surface area contributed by atoms with E-state index in [9.17, 15) is 18.0 Å². The zero-order chi connectivity index (χ0) is 15.6. The van der Waals surface area contributed by atoms with Gasteiger partial charge in [-0.15, -0.1) is 0 Å². The van der Waals surface area contributed by atoms with E-state index in [2.05, 4.69) is 10.0 Å². The molecule has 0 aromatic heterocycles. The third-order valence-electron chi connectivity index (χ3n) is 3.46. The molecule has 7 heteroatoms. The molecule has 1 fully saturated rings. The SMILES string of the molecule is CC(=O)NCc1ccc(S(=O)(=O)NC(=O)[C@@H]2C[C@H]2C)cc1. The van der Waals surface area contributed by atoms with Crippen molar-refractivity contribution in [2.75, 3.05) is 0 Å². The molecular weight excluding hydrogens is 292 g/mol. The van der Waals surface area contributed by atoms with E-state index < -0.39 is 15.9 Å². The first-order valence-electron chi connectivity index (χ1n) is 6.69. The van der Waals surface area contributed by atoms with Crippen LogP contribution < -0.4 is 10.0 Å². The number of nitrogens with one attached hydrogen (secondary N) is 2. The van der Waals surface area contributed by atoms with Crippen LogP contribution in [0.2, 0.25) is 0 Å². The van der Waals surface area contributed by atoms with Crippen LogP contribution in [0.4, 0.5) is 0 Å². The molecule has 2 atom stereocenters. The fourth-order valence-corrected chi connectivity index (χ4v) is 3.00. The first kappa shape index (κ1) is 15.5. The number of benzene rings is 1. The molecule has 0 unspecified atom stereocenters. The van der Waals surface area contributed by atoms with Gasteiger partial charge in [0.1, 0.15) is 0 Å². The molecule has 0 bridgehead atoms. The van der Waals surface area contributed by atoms with Crippen molar-refractivity contribution in [3.05, 3.63) is 29.8 Å². The Balaban J connectivity index is 2.02. The monoisotopic (exact) mass is 310 g/mol. The van der Waals surface area contributed by atoms with Crippen molar-refractivity contribution in [1.82, 2.24) is 10.0 Å². The van der Waals surface area contributed by atoms with Crippen molar-refractivity contribution in [2.24, 2.45) is 11.8 Å². The molecule has 0 saturated heterocycles. The fourth-order valence-electron chi connectivity index (χ4n) is 1.97. The zero-order valence-electron chi connectivity index (χ0n) is 11.9. The second-order valence-corrected chi connectivity index (χ2v) is 7.03. The molecule has 1 saturated carbocycles. The number of amides is 2. The number of carbonyl (C=O) groups excluding carboxylic acids is 2. The molecule has 2 N–H and O–H groups in total. The van der Waals surface area contributed by atoms with Gasteiger partial charge < -0.3 is 5.32 Å². The van der Waals surface area contributed by atoms with E-state index >= 15 is 0 Å². The summed E-state index contributed by atoms with van der Waals surface area (Å²) >= 11 is 0. The van der Waals surface area contributed by atoms with Gasteiger partial charge in [0.05, 0.1) is 4.90 Å². The second kappa shape index (κ2) is 5.85. The Morgan fingerprint density at radius 2 is 1.81 bits per heavy atom. The van der Waals surface area contributed by atoms with Crippen LogP contribution in [0.25, 0.3) is 0 Å². The Bertz CT molecular complexity index is 652. The normalized spacial score (nSPS) is 20.7. The number of sulfonamides is 1. The van der Waals surface area contributed by atoms with Crippen molar-refractivity contribution in [2.45, 2.75) is 31.7 Å². The second-order valence-electron chi connectivity index (χ2n) is 5.34. The van der Waals surface area contributed by atoms with Crippen LogP contribution in [-0.2, 0) is 26.2 Å². The van der Waals surface area contributed by atoms with Crippen LogP contribution in [0.5, 0.6) is 0 Å². The maximum Gasteiger partial charge on any atom is 0.264 e. The predicted octanol–water partition coefficient (Wildman–Crippen LogP) is 0.784. The summed E-state index contributed by atoms with van der Waals surface area (Å²) in [6.07, 6.45) is 0.733. The number of rotatable bonds is 5. The Kier molecular flexibility index (Phi) is 4.32. The lowest BCUT2D eigenvalue weighted by Gasteiger charge is -2.08. The van der Waals surface area contributed by atoms with Crippen LogP contribution in [0.1, 0.15) is 25.8 Å². The summed E-state index contributed by atoms with van der Waals surface area (Å²) in [4.78, 5) is 22.6. The Morgan fingerprint density at radius 1 is 1.24 bits per heavy atom. The van der Waals surface area contributed by atoms with E-state index in [-0.39, 0.29) is 22.6 Å². The van der Waals surface area contributed by atoms with E-state index in [1.807, 2.05) is 6.92 Å². The number of hydrogen-bond donors (Lipinski definition) is 2. The molecular formula is C14H18N2O4S. The van der Waals surface area contributed by atoms with Gasteiger partial charge in [-0.1, -0.05) is 19.1 Å². The molecule has 2 amide bonds. The number of hydrogen-bond acceptors (Lipinski definition) is 4. The summed E-state index contributed by atoms with van der Waals surface area (Å²) in [5.74, 6) is -0.540. The first-order chi connectivity index (χ1) is 9.79. The quantitative estimate of drug-likeness (QED) is 0.841. The average molecular weight is 310 g/mol. The molecule has 114 valence electrons. The third kappa shape index (κ3) is 4.04. The van der Waals surface area contributed by atoms with Gasteiger partial charge in [-0.2, -0.15) is 0 Å². The molecule has 0 radical (unpaired) electrons. The van der Waals surface area contributed by atoms with Crippen molar-refractivity contribution < 1.29 is 18.0 Å². The van der Waals surface area contributed by atoms with E-state index in [1.54, 1.807) is 12.1 Å². The smallest absolute Gasteiger partial charge is 0.264 e. The molecule has 1 aromatic carbocycles. The highest BCUT2D eigenvalue weighted by Crippen LogP contribution is 2.37. The van der Waals surface area contributed by atoms with Gasteiger partial charge in [0.2, 0.25) is 11.8 Å². The van der Waals surface area contributed by atoms with E-state index in [0.29, 0.717) is 6.54 Å². The molecule has 0 heterocycles. The van der Waals surface area contributed by atoms with Crippen LogP contribution >= 0.6 is 0 Å². The molecule has 1 aliphatic rings. The maximum absolute atomic E-state index is 12.1. The van der Waals surface area contributed by atoms with Crippen LogP contribution in [-0.4, -0.2) is 20.2 Å². The van der Waals surface area contributed by atoms with Gasteiger partial charge in [-0.05, 0) is 30.0 Å². The summed E-state index contributed by atoms with van der Waals surface area (Å²) in [7, 11) is -3.82. The summed E-state index contributed by atoms with van der Waals surface area (Å²) < 4.78 is 26.2. The largest absolute Gasteiger partial charge is 0.352 e. The van der Waals surface area contributed by atoms with Crippen molar-refractivity contribution in [1.29, 1.82) is 0 Å². The number of carbonyl (C=O) groups is 2. The van der Waals surface area contributed by atoms with Crippen LogP contribution in [0.3, 0.4) is 0 Å². The first-order valence-corrected chi connectivity index (χ1v) is 8.18. The third-order valence-corrected chi connectivity index (χ3v) is 4.82. The van der Waals surface area contributed by atoms with Crippen molar-refractivity contribution in [3.8, 4) is 0 Å². The summed E-state index contributed by atoms with van der Waals surface area (Å²) in [6, 6.07) is 6.05. The van der Waals surface area contributed by atoms with Gasteiger partial charge >= 0.3 is 0 Å². The van der Waals surface area contributed by atoms with Gasteiger partial charge in [0.25, 0.3) is 10.0 Å². The highest BCUT2D eigenvalue weighted by Gasteiger charge is 2.40. The molecule has 1 aromatic rings. The van der Waals surface area contributed by atoms with E-state index in [4.69, 9.17) is 0 Å². The topological polar surface area (TPSA) is 92.3 Å². The standard InChI is InChI=1S/C14H18N2O4S/c1-9-7-13(9)14(18)16-21(19,20)12-5-3-11(4-6-12)8-15-10(2)17/h3-6,9,13H,7-8H2,1-2H3,(H,15,17)(H,16,18)/t9-,13-/m1/s1. The highest BCUT2D eigenvalue weighted by molar-refractivity contribution is 7.90. The van der Waals surface area contributed by atoms with Crippen molar-refractivity contribution >= 4 is 21.8 Å². The molecule has 6 nitrogen and oxygen atoms in total. The molecule has 1 aliphatic carbocycles. The molecule has 21 heavy (non-hydrogen) atoms. The summed E-state index contributed by atoms with van der Waals surface area (Å²) in [5.41, 5.74) is 0.784. The van der Waals surface area contributed by atoms with Gasteiger partial charge in [-0.3, -0.25) is 9.59 Å². The van der Waals surface area contributed by atoms with Gasteiger partial charge in [0.15, 0.2) is 0 Å². The minimum Gasteiger partial charge on any atom is -0.352 e. The molecule has 2 rings (SSSR count). The highest BCUT2D eigenvalue weighted by atomic mass is 32.2. The van der Waals surface area contributed by atoms with E-state index in [0.717, 1.165) is 12.0 Å². The van der Waals surface area contributed by atoms with E-state index in [1.165, 1.54) is 19.1 Å². The Labute approximate surface area is 124 Å². The van der Waals surface area contributed by atoms with Crippen LogP contribution in [0.15, 0.2) is 29.2 Å². The minimum atomic E-state index is -3.82.